The SMILES string of the molecule is CC1CCOC1C(=O)N1CC(O)C1. The number of carbonyl (C=O) groups excluding carboxylic acids is 1. The van der Waals surface area contributed by atoms with Crippen LogP contribution in [0.25, 0.3) is 0 Å². The van der Waals surface area contributed by atoms with E-state index in [9.17, 15) is 4.79 Å². The highest BCUT2D eigenvalue weighted by molar-refractivity contribution is 5.82. The van der Waals surface area contributed by atoms with E-state index in [2.05, 4.69) is 0 Å². The van der Waals surface area contributed by atoms with E-state index in [0.29, 0.717) is 25.6 Å². The van der Waals surface area contributed by atoms with Crippen molar-refractivity contribution in [2.24, 2.45) is 5.92 Å². The highest BCUT2D eigenvalue weighted by Gasteiger charge is 2.38. The van der Waals surface area contributed by atoms with Crippen molar-refractivity contribution in [3.05, 3.63) is 0 Å². The molecule has 1 amide bonds. The molecule has 0 spiro atoms. The predicted molar refractivity (Wildman–Crippen MR) is 46.1 cm³/mol. The fraction of sp³-hybridized carbons (Fsp3) is 0.889. The number of β-amino-alcohol motifs (C(OH)–C–C–N with tert-alkyl or cyclic N) is 1. The standard InChI is InChI=1S/C9H15NO3/c1-6-2-3-13-8(6)9(12)10-4-7(11)5-10/h6-8,11H,2-5H2,1H3. The maximum atomic E-state index is 11.7. The minimum absolute atomic E-state index is 0.0512. The van der Waals surface area contributed by atoms with Gasteiger partial charge in [-0.1, -0.05) is 6.92 Å². The third-order valence-corrected chi connectivity index (χ3v) is 2.80. The lowest BCUT2D eigenvalue weighted by atomic mass is 10.0. The summed E-state index contributed by atoms with van der Waals surface area (Å²) < 4.78 is 5.35. The number of aliphatic hydroxyl groups is 1. The van der Waals surface area contributed by atoms with Gasteiger partial charge in [0, 0.05) is 19.7 Å². The van der Waals surface area contributed by atoms with Crippen LogP contribution in [0.3, 0.4) is 0 Å². The van der Waals surface area contributed by atoms with Crippen molar-refractivity contribution in [1.29, 1.82) is 0 Å². The number of hydrogen-bond acceptors (Lipinski definition) is 3. The molecule has 0 saturated carbocycles. The van der Waals surface area contributed by atoms with Crippen molar-refractivity contribution in [2.45, 2.75) is 25.6 Å². The monoisotopic (exact) mass is 185 g/mol. The molecule has 4 nitrogen and oxygen atoms in total. The van der Waals surface area contributed by atoms with Crippen LogP contribution < -0.4 is 0 Å². The van der Waals surface area contributed by atoms with Crippen LogP contribution in [-0.2, 0) is 9.53 Å². The second-order valence-corrected chi connectivity index (χ2v) is 3.95. The van der Waals surface area contributed by atoms with Gasteiger partial charge in [-0.15, -0.1) is 0 Å². The third kappa shape index (κ3) is 1.56. The molecule has 2 aliphatic rings. The van der Waals surface area contributed by atoms with E-state index in [-0.39, 0.29) is 18.1 Å². The molecule has 2 fully saturated rings. The summed E-state index contributed by atoms with van der Waals surface area (Å²) in [4.78, 5) is 13.3. The van der Waals surface area contributed by atoms with Gasteiger partial charge in [0.05, 0.1) is 6.10 Å². The van der Waals surface area contributed by atoms with Gasteiger partial charge in [-0.2, -0.15) is 0 Å². The lowest BCUT2D eigenvalue weighted by Gasteiger charge is -2.37. The van der Waals surface area contributed by atoms with Gasteiger partial charge in [0.2, 0.25) is 0 Å². The fourth-order valence-corrected chi connectivity index (χ4v) is 1.83. The van der Waals surface area contributed by atoms with Crippen molar-refractivity contribution in [1.82, 2.24) is 4.90 Å². The van der Waals surface area contributed by atoms with Crippen molar-refractivity contribution >= 4 is 5.91 Å². The first kappa shape index (κ1) is 8.97. The maximum absolute atomic E-state index is 11.7. The van der Waals surface area contributed by atoms with Crippen LogP contribution in [0.2, 0.25) is 0 Å². The molecule has 2 saturated heterocycles. The molecule has 0 aromatic rings. The molecule has 0 aromatic carbocycles. The lowest BCUT2D eigenvalue weighted by Crippen LogP contribution is -2.56. The number of rotatable bonds is 1. The van der Waals surface area contributed by atoms with E-state index in [1.54, 1.807) is 4.90 Å². The largest absolute Gasteiger partial charge is 0.389 e. The van der Waals surface area contributed by atoms with Gasteiger partial charge in [-0.05, 0) is 12.3 Å². The Labute approximate surface area is 77.5 Å². The molecule has 2 heterocycles. The van der Waals surface area contributed by atoms with Crippen LogP contribution in [0.15, 0.2) is 0 Å². The quantitative estimate of drug-likeness (QED) is 0.605. The predicted octanol–water partition coefficient (Wildman–Crippen LogP) is -0.385. The van der Waals surface area contributed by atoms with Gasteiger partial charge in [0.15, 0.2) is 0 Å². The number of carbonyl (C=O) groups is 1. The summed E-state index contributed by atoms with van der Waals surface area (Å²) in [6.45, 7) is 3.68. The number of nitrogens with zero attached hydrogens (tertiary/aromatic N) is 1. The van der Waals surface area contributed by atoms with Crippen LogP contribution in [0, 0.1) is 5.92 Å². The van der Waals surface area contributed by atoms with E-state index in [1.807, 2.05) is 6.92 Å². The first-order valence-corrected chi connectivity index (χ1v) is 4.77. The molecule has 2 aliphatic heterocycles. The molecule has 2 unspecified atom stereocenters. The average Bonchev–Trinajstić information content (AvgIpc) is 2.44. The number of hydrogen-bond donors (Lipinski definition) is 1. The highest BCUT2D eigenvalue weighted by Crippen LogP contribution is 2.23. The zero-order valence-electron chi connectivity index (χ0n) is 7.77. The first-order valence-electron chi connectivity index (χ1n) is 4.77. The smallest absolute Gasteiger partial charge is 0.252 e. The van der Waals surface area contributed by atoms with Crippen LogP contribution in [0.1, 0.15) is 13.3 Å². The van der Waals surface area contributed by atoms with Crippen molar-refractivity contribution < 1.29 is 14.6 Å². The second kappa shape index (κ2) is 3.27. The molecular formula is C9H15NO3. The molecule has 74 valence electrons. The summed E-state index contributed by atoms with van der Waals surface area (Å²) in [7, 11) is 0. The molecule has 4 heteroatoms. The Kier molecular flexibility index (Phi) is 2.26. The van der Waals surface area contributed by atoms with Crippen molar-refractivity contribution in [3.8, 4) is 0 Å². The zero-order chi connectivity index (χ0) is 9.42. The Bertz CT molecular complexity index is 213. The molecule has 0 aliphatic carbocycles. The highest BCUT2D eigenvalue weighted by atomic mass is 16.5. The number of amides is 1. The summed E-state index contributed by atoms with van der Waals surface area (Å²) in [5, 5.41) is 9.04. The van der Waals surface area contributed by atoms with Crippen LogP contribution in [0.5, 0.6) is 0 Å². The second-order valence-electron chi connectivity index (χ2n) is 3.95. The Morgan fingerprint density at radius 1 is 1.54 bits per heavy atom. The molecule has 0 radical (unpaired) electrons. The van der Waals surface area contributed by atoms with E-state index >= 15 is 0 Å². The average molecular weight is 185 g/mol. The van der Waals surface area contributed by atoms with Gasteiger partial charge in [0.25, 0.3) is 5.91 Å². The summed E-state index contributed by atoms with van der Waals surface area (Å²) >= 11 is 0. The van der Waals surface area contributed by atoms with Gasteiger partial charge < -0.3 is 14.7 Å². The minimum Gasteiger partial charge on any atom is -0.389 e. The minimum atomic E-state index is -0.319. The van der Waals surface area contributed by atoms with Gasteiger partial charge in [-0.3, -0.25) is 4.79 Å². The fourth-order valence-electron chi connectivity index (χ4n) is 1.83. The molecular weight excluding hydrogens is 170 g/mol. The van der Waals surface area contributed by atoms with Crippen LogP contribution >= 0.6 is 0 Å². The Morgan fingerprint density at radius 3 is 2.69 bits per heavy atom. The summed E-state index contributed by atoms with van der Waals surface area (Å²) in [5.74, 6) is 0.376. The van der Waals surface area contributed by atoms with Crippen molar-refractivity contribution in [2.75, 3.05) is 19.7 Å². The molecule has 13 heavy (non-hydrogen) atoms. The Balaban J connectivity index is 1.89. The summed E-state index contributed by atoms with van der Waals surface area (Å²) in [5.41, 5.74) is 0. The van der Waals surface area contributed by atoms with E-state index in [4.69, 9.17) is 9.84 Å². The lowest BCUT2D eigenvalue weighted by molar-refractivity contribution is -0.152. The first-order chi connectivity index (χ1) is 6.18. The van der Waals surface area contributed by atoms with E-state index in [1.165, 1.54) is 0 Å². The van der Waals surface area contributed by atoms with E-state index < -0.39 is 0 Å². The van der Waals surface area contributed by atoms with Gasteiger partial charge in [-0.25, -0.2) is 0 Å². The van der Waals surface area contributed by atoms with E-state index in [0.717, 1.165) is 6.42 Å². The normalized spacial score (nSPS) is 34.8. The topological polar surface area (TPSA) is 49.8 Å². The number of aliphatic hydroxyl groups excluding tert-OH is 1. The van der Waals surface area contributed by atoms with Crippen LogP contribution in [0.4, 0.5) is 0 Å². The third-order valence-electron chi connectivity index (χ3n) is 2.80. The molecule has 2 atom stereocenters. The van der Waals surface area contributed by atoms with Crippen LogP contribution in [-0.4, -0.2) is 47.8 Å². The zero-order valence-corrected chi connectivity index (χ0v) is 7.77. The van der Waals surface area contributed by atoms with Crippen molar-refractivity contribution in [3.63, 3.8) is 0 Å². The maximum Gasteiger partial charge on any atom is 0.252 e. The summed E-state index contributed by atoms with van der Waals surface area (Å²) in [6.07, 6.45) is 0.389. The van der Waals surface area contributed by atoms with Gasteiger partial charge >= 0.3 is 0 Å². The number of ether oxygens (including phenoxy) is 1. The molecule has 1 N–H and O–H groups in total. The summed E-state index contributed by atoms with van der Waals surface area (Å²) in [6, 6.07) is 0. The molecule has 0 bridgehead atoms. The molecule has 0 aromatic heterocycles. The van der Waals surface area contributed by atoms with Gasteiger partial charge in [0.1, 0.15) is 6.10 Å². The molecule has 2 rings (SSSR count). The number of likely N-dealkylation sites (tertiary alicyclic amines) is 1. The Morgan fingerprint density at radius 2 is 2.23 bits per heavy atom. The Hall–Kier alpha value is -0.610.